The van der Waals surface area contributed by atoms with Crippen LogP contribution in [0.4, 0.5) is 0 Å². The zero-order chi connectivity index (χ0) is 18.5. The first-order valence-electron chi connectivity index (χ1n) is 9.66. The van der Waals surface area contributed by atoms with Crippen molar-refractivity contribution in [2.75, 3.05) is 0 Å². The zero-order valence-corrected chi connectivity index (χ0v) is 18.1. The Bertz CT molecular complexity index is 703. The highest BCUT2D eigenvalue weighted by Crippen LogP contribution is 2.54. The lowest BCUT2D eigenvalue weighted by molar-refractivity contribution is 0.171. The van der Waals surface area contributed by atoms with Gasteiger partial charge in [-0.25, -0.2) is 8.42 Å². The lowest BCUT2D eigenvalue weighted by Gasteiger charge is -2.58. The second-order valence-electron chi connectivity index (χ2n) is 9.41. The second kappa shape index (κ2) is 6.50. The van der Waals surface area contributed by atoms with Crippen molar-refractivity contribution in [3.8, 4) is 0 Å². The predicted molar refractivity (Wildman–Crippen MR) is 108 cm³/mol. The molecule has 3 nitrogen and oxygen atoms in total. The average Bonchev–Trinajstić information content (AvgIpc) is 2.53. The summed E-state index contributed by atoms with van der Waals surface area (Å²) in [6, 6.07) is 10.6. The van der Waals surface area contributed by atoms with Crippen LogP contribution in [-0.2, 0) is 10.0 Å². The molecule has 1 aliphatic heterocycles. The molecule has 140 valence electrons. The van der Waals surface area contributed by atoms with Gasteiger partial charge < -0.3 is 0 Å². The first-order valence-corrected chi connectivity index (χ1v) is 14.2. The van der Waals surface area contributed by atoms with E-state index in [-0.39, 0.29) is 22.0 Å². The van der Waals surface area contributed by atoms with E-state index in [1.54, 1.807) is 0 Å². The van der Waals surface area contributed by atoms with E-state index in [1.807, 2.05) is 22.5 Å². The Morgan fingerprint density at radius 1 is 1.00 bits per heavy atom. The third kappa shape index (κ3) is 3.13. The molecule has 2 fully saturated rings. The molecule has 0 spiro atoms. The number of benzene rings is 1. The minimum atomic E-state index is -3.21. The van der Waals surface area contributed by atoms with Crippen molar-refractivity contribution in [3.63, 3.8) is 0 Å². The summed E-state index contributed by atoms with van der Waals surface area (Å²) in [7, 11) is -5.24. The first kappa shape index (κ1) is 19.1. The van der Waals surface area contributed by atoms with Gasteiger partial charge in [0.15, 0.2) is 0 Å². The Labute approximate surface area is 154 Å². The minimum absolute atomic E-state index is 0.0372. The summed E-state index contributed by atoms with van der Waals surface area (Å²) in [4.78, 5) is -0.218. The van der Waals surface area contributed by atoms with Crippen LogP contribution in [0.1, 0.15) is 64.5 Å². The first-order chi connectivity index (χ1) is 11.6. The van der Waals surface area contributed by atoms with E-state index in [0.29, 0.717) is 0 Å². The van der Waals surface area contributed by atoms with Gasteiger partial charge in [0.2, 0.25) is 10.0 Å². The molecule has 1 aromatic carbocycles. The molecule has 0 aromatic heterocycles. The van der Waals surface area contributed by atoms with E-state index in [4.69, 9.17) is 0 Å². The Hall–Kier alpha value is -0.653. The van der Waals surface area contributed by atoms with Crippen molar-refractivity contribution in [1.82, 2.24) is 4.31 Å². The molecule has 0 bridgehead atoms. The Morgan fingerprint density at radius 3 is 2.08 bits per heavy atom. The number of sulfonamides is 1. The summed E-state index contributed by atoms with van der Waals surface area (Å²) in [5.41, 5.74) is 1.18. The van der Waals surface area contributed by atoms with Gasteiger partial charge in [-0.2, -0.15) is 4.31 Å². The number of nitrogens with zero attached hydrogens (tertiary/aromatic N) is 1. The normalized spacial score (nSPS) is 28.5. The maximum Gasteiger partial charge on any atom is 0.217 e. The Balaban J connectivity index is 2.05. The van der Waals surface area contributed by atoms with Crippen LogP contribution in [0.25, 0.3) is 0 Å². The highest BCUT2D eigenvalue weighted by molar-refractivity contribution is 7.93. The molecule has 1 aliphatic carbocycles. The number of hydrogen-bond donors (Lipinski definition) is 0. The van der Waals surface area contributed by atoms with E-state index in [1.165, 1.54) is 12.0 Å². The largest absolute Gasteiger partial charge is 0.217 e. The van der Waals surface area contributed by atoms with Gasteiger partial charge in [0.05, 0.1) is 19.0 Å². The van der Waals surface area contributed by atoms with Crippen LogP contribution in [0.3, 0.4) is 0 Å². The highest BCUT2D eigenvalue weighted by Gasteiger charge is 2.64. The van der Waals surface area contributed by atoms with Crippen LogP contribution >= 0.6 is 0 Å². The quantitative estimate of drug-likeness (QED) is 0.683. The summed E-state index contributed by atoms with van der Waals surface area (Å²) in [6.07, 6.45) is 5.59. The van der Waals surface area contributed by atoms with Crippen molar-refractivity contribution >= 4 is 18.1 Å². The average molecular weight is 380 g/mol. The van der Waals surface area contributed by atoms with Gasteiger partial charge in [0.25, 0.3) is 0 Å². The zero-order valence-electron chi connectivity index (χ0n) is 16.3. The molecule has 1 saturated carbocycles. The van der Waals surface area contributed by atoms with Crippen LogP contribution in [0, 0.1) is 0 Å². The molecule has 0 N–H and O–H groups in total. The molecule has 0 unspecified atom stereocenters. The van der Waals surface area contributed by atoms with E-state index >= 15 is 0 Å². The van der Waals surface area contributed by atoms with Crippen LogP contribution in [0.2, 0.25) is 18.1 Å². The van der Waals surface area contributed by atoms with Gasteiger partial charge in [0, 0.05) is 6.04 Å². The smallest absolute Gasteiger partial charge is 0.212 e. The van der Waals surface area contributed by atoms with Gasteiger partial charge in [-0.3, -0.25) is 0 Å². The predicted octanol–water partition coefficient (Wildman–Crippen LogP) is 5.12. The molecule has 0 radical (unpaired) electrons. The summed E-state index contributed by atoms with van der Waals surface area (Å²) in [5, 5.41) is 0.0520. The lowest BCUT2D eigenvalue weighted by Crippen LogP contribution is -2.71. The minimum Gasteiger partial charge on any atom is -0.212 e. The fourth-order valence-corrected chi connectivity index (χ4v) is 12.8. The molecule has 1 heterocycles. The SMILES string of the molecule is CC(C)(C)[Si](C)(C)[C@@H]1[C@@H](c2ccccc2)N(C2CCCCC2)S1(=O)=O. The Morgan fingerprint density at radius 2 is 1.56 bits per heavy atom. The molecule has 2 atom stereocenters. The van der Waals surface area contributed by atoms with E-state index in [2.05, 4.69) is 46.0 Å². The second-order valence-corrected chi connectivity index (χ2v) is 17.4. The molecule has 3 rings (SSSR count). The molecule has 2 aliphatic rings. The fourth-order valence-electron chi connectivity index (χ4n) is 4.46. The maximum absolute atomic E-state index is 13.5. The molecule has 25 heavy (non-hydrogen) atoms. The fraction of sp³-hybridized carbons (Fsp3) is 0.700. The van der Waals surface area contributed by atoms with Crippen LogP contribution in [0.5, 0.6) is 0 Å². The molecular weight excluding hydrogens is 346 g/mol. The van der Waals surface area contributed by atoms with E-state index < -0.39 is 18.1 Å². The molecule has 0 amide bonds. The van der Waals surface area contributed by atoms with Crippen molar-refractivity contribution in [2.24, 2.45) is 0 Å². The molecular formula is C20H33NO2SSi. The highest BCUT2D eigenvalue weighted by atomic mass is 32.2. The summed E-state index contributed by atoms with van der Waals surface area (Å²) < 4.78 is 28.9. The van der Waals surface area contributed by atoms with E-state index in [0.717, 1.165) is 25.7 Å². The van der Waals surface area contributed by atoms with Crippen LogP contribution in [-0.4, -0.2) is 31.7 Å². The van der Waals surface area contributed by atoms with Crippen molar-refractivity contribution in [3.05, 3.63) is 35.9 Å². The van der Waals surface area contributed by atoms with Gasteiger partial charge in [0.1, 0.15) is 0 Å². The third-order valence-corrected chi connectivity index (χ3v) is 17.2. The lowest BCUT2D eigenvalue weighted by atomic mass is 9.94. The monoisotopic (exact) mass is 379 g/mol. The van der Waals surface area contributed by atoms with Gasteiger partial charge in [-0.1, -0.05) is 83.5 Å². The number of hydrogen-bond acceptors (Lipinski definition) is 2. The van der Waals surface area contributed by atoms with Crippen LogP contribution < -0.4 is 0 Å². The number of rotatable bonds is 3. The van der Waals surface area contributed by atoms with Crippen LogP contribution in [0.15, 0.2) is 30.3 Å². The van der Waals surface area contributed by atoms with Crippen molar-refractivity contribution in [1.29, 1.82) is 0 Å². The van der Waals surface area contributed by atoms with Gasteiger partial charge in [-0.05, 0) is 23.4 Å². The maximum atomic E-state index is 13.5. The topological polar surface area (TPSA) is 37.4 Å². The van der Waals surface area contributed by atoms with Crippen molar-refractivity contribution in [2.45, 2.75) is 88.0 Å². The van der Waals surface area contributed by atoms with E-state index in [9.17, 15) is 8.42 Å². The third-order valence-electron chi connectivity index (χ3n) is 6.90. The van der Waals surface area contributed by atoms with Gasteiger partial charge in [-0.15, -0.1) is 0 Å². The standard InChI is InChI=1S/C20H33NO2SSi/c1-20(2,3)25(4,5)19-18(16-12-8-6-9-13-16)21(24(19,22)23)17-14-10-7-11-15-17/h6,8-9,12-13,17-19H,7,10-11,14-15H2,1-5H3/t18-,19-/m1/s1. The summed E-state index contributed by atoms with van der Waals surface area (Å²) >= 11 is 0. The summed E-state index contributed by atoms with van der Waals surface area (Å²) in [5.74, 6) is 0. The molecule has 1 aromatic rings. The molecule has 1 saturated heterocycles. The molecule has 5 heteroatoms. The van der Waals surface area contributed by atoms with Crippen molar-refractivity contribution < 1.29 is 8.42 Å². The summed E-state index contributed by atoms with van der Waals surface area (Å²) in [6.45, 7) is 11.2. The Kier molecular flexibility index (Phi) is 4.97. The van der Waals surface area contributed by atoms with Gasteiger partial charge >= 0.3 is 0 Å².